The molecule has 6 nitrogen and oxygen atoms in total. The Labute approximate surface area is 348 Å². The lowest BCUT2D eigenvalue weighted by Crippen LogP contribution is -1.97. The Balaban J connectivity index is 0.944. The van der Waals surface area contributed by atoms with Gasteiger partial charge in [0.2, 0.25) is 5.78 Å². The molecule has 0 aliphatic rings. The number of fused-ring (bicyclic) bond motifs is 14. The fourth-order valence-electron chi connectivity index (χ4n) is 10.2. The highest BCUT2D eigenvalue weighted by atomic mass is 16.3. The first-order chi connectivity index (χ1) is 30.3. The molecular weight excluding hydrogens is 747 g/mol. The Morgan fingerprint density at radius 2 is 0.902 bits per heavy atom. The van der Waals surface area contributed by atoms with E-state index < -0.39 is 0 Å². The minimum absolute atomic E-state index is 0.876. The molecule has 0 spiro atoms. The highest BCUT2D eigenvalue weighted by Crippen LogP contribution is 2.41. The molecule has 5 heterocycles. The minimum atomic E-state index is 0.876. The van der Waals surface area contributed by atoms with Crippen LogP contribution in [0.4, 0.5) is 0 Å². The molecule has 0 N–H and O–H groups in total. The molecule has 284 valence electrons. The van der Waals surface area contributed by atoms with Gasteiger partial charge in [-0.25, -0.2) is 4.98 Å². The van der Waals surface area contributed by atoms with Crippen LogP contribution in [0, 0.1) is 0 Å². The number of para-hydroxylation sites is 7. The van der Waals surface area contributed by atoms with Crippen molar-refractivity contribution in [2.75, 3.05) is 0 Å². The van der Waals surface area contributed by atoms with Crippen molar-refractivity contribution in [3.05, 3.63) is 200 Å². The monoisotopic (exact) mass is 779 g/mol. The zero-order chi connectivity index (χ0) is 39.8. The molecule has 6 heteroatoms. The number of rotatable bonds is 4. The van der Waals surface area contributed by atoms with Gasteiger partial charge in [-0.15, -0.1) is 0 Å². The van der Waals surface area contributed by atoms with E-state index >= 15 is 0 Å². The molecule has 0 atom stereocenters. The van der Waals surface area contributed by atoms with E-state index in [1.54, 1.807) is 0 Å². The van der Waals surface area contributed by atoms with E-state index in [2.05, 4.69) is 218 Å². The van der Waals surface area contributed by atoms with Crippen LogP contribution in [0.3, 0.4) is 0 Å². The number of hydrogen-bond donors (Lipinski definition) is 0. The summed E-state index contributed by atoms with van der Waals surface area (Å²) in [6.45, 7) is 0. The van der Waals surface area contributed by atoms with Crippen LogP contribution in [0.5, 0.6) is 0 Å². The molecule has 0 saturated carbocycles. The van der Waals surface area contributed by atoms with E-state index in [1.165, 1.54) is 32.6 Å². The van der Waals surface area contributed by atoms with E-state index in [1.807, 2.05) is 0 Å². The predicted molar refractivity (Wildman–Crippen MR) is 251 cm³/mol. The molecule has 0 amide bonds. The molecule has 14 rings (SSSR count). The summed E-state index contributed by atoms with van der Waals surface area (Å²) in [5.74, 6) is 0.901. The Morgan fingerprint density at radius 3 is 1.69 bits per heavy atom. The van der Waals surface area contributed by atoms with E-state index in [4.69, 9.17) is 9.40 Å². The molecule has 0 aliphatic heterocycles. The SMILES string of the molecule is c1cc(-c2ccc3oc4ccc(-n5c6ccccc6c6ccccc65)cc4c3c2)cc(-n2c3ccccc3c3c(-n4c5ccccc5n5c6ccccc6nc45)cccc32)c1. The largest absolute Gasteiger partial charge is 0.456 e. The van der Waals surface area contributed by atoms with Crippen LogP contribution in [-0.2, 0) is 0 Å². The van der Waals surface area contributed by atoms with Gasteiger partial charge in [-0.05, 0) is 108 Å². The van der Waals surface area contributed by atoms with Crippen LogP contribution < -0.4 is 0 Å². The molecular formula is C55H33N5O. The number of hydrogen-bond acceptors (Lipinski definition) is 2. The summed E-state index contributed by atoms with van der Waals surface area (Å²) in [5, 5.41) is 7.07. The van der Waals surface area contributed by atoms with Crippen molar-refractivity contribution in [3.63, 3.8) is 0 Å². The van der Waals surface area contributed by atoms with Crippen molar-refractivity contribution in [3.8, 4) is 28.2 Å². The summed E-state index contributed by atoms with van der Waals surface area (Å²) in [4.78, 5) is 5.22. The van der Waals surface area contributed by atoms with Crippen molar-refractivity contribution in [2.45, 2.75) is 0 Å². The Kier molecular flexibility index (Phi) is 6.46. The fraction of sp³-hybridized carbons (Fsp3) is 0. The second-order valence-corrected chi connectivity index (χ2v) is 16.0. The maximum atomic E-state index is 6.46. The minimum Gasteiger partial charge on any atom is -0.456 e. The van der Waals surface area contributed by atoms with Crippen LogP contribution in [0.25, 0.3) is 122 Å². The lowest BCUT2D eigenvalue weighted by Gasteiger charge is -2.12. The van der Waals surface area contributed by atoms with Gasteiger partial charge in [-0.2, -0.15) is 0 Å². The number of imidazole rings is 2. The van der Waals surface area contributed by atoms with Gasteiger partial charge in [0.1, 0.15) is 11.2 Å². The van der Waals surface area contributed by atoms with Crippen molar-refractivity contribution < 1.29 is 4.42 Å². The Morgan fingerprint density at radius 1 is 0.344 bits per heavy atom. The summed E-state index contributed by atoms with van der Waals surface area (Å²) in [6.07, 6.45) is 0. The Hall–Kier alpha value is -8.35. The van der Waals surface area contributed by atoms with Gasteiger partial charge in [0.25, 0.3) is 0 Å². The molecule has 0 bridgehead atoms. The van der Waals surface area contributed by atoms with E-state index in [0.29, 0.717) is 0 Å². The smallest absolute Gasteiger partial charge is 0.220 e. The first-order valence-electron chi connectivity index (χ1n) is 20.7. The standard InChI is InChI=1S/C55H33N5O/c1-5-19-44-38(15-1)39-16-2-6-20-45(39)57(44)37-28-30-53-42(33-37)41-32-35(27-29-52(41)61-53)34-13-11-14-36(31-34)58-46-21-7-3-17-40(46)54-50(58)25-12-26-51(54)60-49-24-10-9-23-48(49)59-47-22-8-4-18-43(47)56-55(59)60/h1-33H. The maximum absolute atomic E-state index is 6.46. The molecule has 0 unspecified atom stereocenters. The van der Waals surface area contributed by atoms with Gasteiger partial charge in [0.05, 0.1) is 49.8 Å². The van der Waals surface area contributed by atoms with E-state index in [9.17, 15) is 0 Å². The van der Waals surface area contributed by atoms with Crippen LogP contribution in [0.1, 0.15) is 0 Å². The van der Waals surface area contributed by atoms with Gasteiger partial charge >= 0.3 is 0 Å². The van der Waals surface area contributed by atoms with Crippen LogP contribution in [0.2, 0.25) is 0 Å². The Bertz CT molecular complexity index is 4080. The molecule has 61 heavy (non-hydrogen) atoms. The summed E-state index contributed by atoms with van der Waals surface area (Å²) in [6, 6.07) is 71.8. The number of nitrogens with zero attached hydrogens (tertiary/aromatic N) is 5. The fourth-order valence-corrected chi connectivity index (χ4v) is 10.2. The number of benzene rings is 9. The summed E-state index contributed by atoms with van der Waals surface area (Å²) in [5.41, 5.74) is 16.3. The molecule has 0 aliphatic carbocycles. The first-order valence-corrected chi connectivity index (χ1v) is 20.7. The van der Waals surface area contributed by atoms with Gasteiger partial charge in [0.15, 0.2) is 0 Å². The van der Waals surface area contributed by atoms with Gasteiger partial charge in [0, 0.05) is 43.7 Å². The van der Waals surface area contributed by atoms with Gasteiger partial charge in [-0.3, -0.25) is 8.97 Å². The maximum Gasteiger partial charge on any atom is 0.220 e. The summed E-state index contributed by atoms with van der Waals surface area (Å²) in [7, 11) is 0. The quantitative estimate of drug-likeness (QED) is 0.179. The van der Waals surface area contributed by atoms with Crippen molar-refractivity contribution in [1.29, 1.82) is 0 Å². The van der Waals surface area contributed by atoms with Crippen molar-refractivity contribution in [1.82, 2.24) is 23.1 Å². The third-order valence-corrected chi connectivity index (χ3v) is 12.8. The van der Waals surface area contributed by atoms with Crippen LogP contribution in [-0.4, -0.2) is 23.1 Å². The lowest BCUT2D eigenvalue weighted by atomic mass is 10.0. The molecule has 0 saturated heterocycles. The predicted octanol–water partition coefficient (Wildman–Crippen LogP) is 14.2. The highest BCUT2D eigenvalue weighted by Gasteiger charge is 2.22. The molecule has 5 aromatic heterocycles. The van der Waals surface area contributed by atoms with Crippen molar-refractivity contribution in [2.24, 2.45) is 0 Å². The average Bonchev–Trinajstić information content (AvgIpc) is 4.12. The topological polar surface area (TPSA) is 45.2 Å². The average molecular weight is 780 g/mol. The number of furan rings is 1. The lowest BCUT2D eigenvalue weighted by molar-refractivity contribution is 0.669. The van der Waals surface area contributed by atoms with Crippen molar-refractivity contribution >= 4 is 93.4 Å². The second kappa shape index (κ2) is 12.1. The summed E-state index contributed by atoms with van der Waals surface area (Å²) < 4.78 is 15.9. The summed E-state index contributed by atoms with van der Waals surface area (Å²) >= 11 is 0. The second-order valence-electron chi connectivity index (χ2n) is 16.0. The molecule has 9 aromatic carbocycles. The zero-order valence-electron chi connectivity index (χ0n) is 32.7. The van der Waals surface area contributed by atoms with Gasteiger partial charge < -0.3 is 13.6 Å². The van der Waals surface area contributed by atoms with Gasteiger partial charge in [-0.1, -0.05) is 103 Å². The molecule has 0 radical (unpaired) electrons. The zero-order valence-corrected chi connectivity index (χ0v) is 32.7. The normalized spacial score (nSPS) is 12.3. The van der Waals surface area contributed by atoms with Crippen LogP contribution >= 0.6 is 0 Å². The van der Waals surface area contributed by atoms with E-state index in [0.717, 1.165) is 89.0 Å². The van der Waals surface area contributed by atoms with E-state index in [-0.39, 0.29) is 0 Å². The third kappa shape index (κ3) is 4.48. The third-order valence-electron chi connectivity index (χ3n) is 12.8. The highest BCUT2D eigenvalue weighted by molar-refractivity contribution is 6.15. The first kappa shape index (κ1) is 32.6. The van der Waals surface area contributed by atoms with Crippen LogP contribution in [0.15, 0.2) is 205 Å². The molecule has 14 aromatic rings. The molecule has 0 fully saturated rings. The number of aromatic nitrogens is 5.